The number of rotatable bonds is 6. The summed E-state index contributed by atoms with van der Waals surface area (Å²) in [6, 6.07) is 7.93. The lowest BCUT2D eigenvalue weighted by Crippen LogP contribution is -2.32. The molecule has 0 fully saturated rings. The van der Waals surface area contributed by atoms with E-state index in [0.717, 1.165) is 11.8 Å². The largest absolute Gasteiger partial charge is 0.395 e. The van der Waals surface area contributed by atoms with Gasteiger partial charge in [0.25, 0.3) is 0 Å². The Kier molecular flexibility index (Phi) is 5.67. The molecule has 0 unspecified atom stereocenters. The lowest BCUT2D eigenvalue weighted by atomic mass is 10.2. The van der Waals surface area contributed by atoms with Gasteiger partial charge in [-0.3, -0.25) is 4.79 Å². The predicted molar refractivity (Wildman–Crippen MR) is 72.3 cm³/mol. The van der Waals surface area contributed by atoms with Gasteiger partial charge in [0.2, 0.25) is 5.91 Å². The quantitative estimate of drug-likeness (QED) is 0.815. The van der Waals surface area contributed by atoms with Crippen molar-refractivity contribution in [2.75, 3.05) is 19.4 Å². The van der Waals surface area contributed by atoms with Gasteiger partial charge in [-0.25, -0.2) is 8.42 Å². The van der Waals surface area contributed by atoms with Crippen LogP contribution in [-0.2, 0) is 21.2 Å². The van der Waals surface area contributed by atoms with Crippen LogP contribution in [0.4, 0.5) is 0 Å². The minimum Gasteiger partial charge on any atom is -0.395 e. The molecule has 1 amide bonds. The van der Waals surface area contributed by atoms with Crippen LogP contribution < -0.4 is 0 Å². The van der Waals surface area contributed by atoms with Gasteiger partial charge in [0.15, 0.2) is 9.84 Å². The van der Waals surface area contributed by atoms with Crippen molar-refractivity contribution >= 4 is 15.7 Å². The van der Waals surface area contributed by atoms with Gasteiger partial charge in [-0.05, 0) is 17.7 Å². The molecule has 0 heterocycles. The Morgan fingerprint density at radius 3 is 2.40 bits per heavy atom. The molecular weight excluding hydrogens is 280 g/mol. The molecule has 7 heteroatoms. The Hall–Kier alpha value is -1.91. The number of amides is 1. The van der Waals surface area contributed by atoms with E-state index in [1.54, 1.807) is 18.2 Å². The summed E-state index contributed by atoms with van der Waals surface area (Å²) in [6.07, 6.45) is 0.873. The molecule has 1 N–H and O–H groups in total. The Labute approximate surface area is 118 Å². The average molecular weight is 296 g/mol. The van der Waals surface area contributed by atoms with Crippen LogP contribution in [-0.4, -0.2) is 43.7 Å². The van der Waals surface area contributed by atoms with Crippen LogP contribution in [0.1, 0.15) is 12.0 Å². The molecule has 0 bridgehead atoms. The Morgan fingerprint density at radius 2 is 1.95 bits per heavy atom. The van der Waals surface area contributed by atoms with E-state index in [2.05, 4.69) is 0 Å². The van der Waals surface area contributed by atoms with Crippen molar-refractivity contribution in [3.05, 3.63) is 29.8 Å². The normalized spacial score (nSPS) is 10.8. The molecular formula is C13H16N2O4S. The smallest absolute Gasteiger partial charge is 0.237 e. The van der Waals surface area contributed by atoms with Crippen molar-refractivity contribution in [1.82, 2.24) is 4.90 Å². The van der Waals surface area contributed by atoms with Crippen molar-refractivity contribution in [3.63, 3.8) is 0 Å². The maximum atomic E-state index is 11.7. The third-order valence-electron chi connectivity index (χ3n) is 2.68. The van der Waals surface area contributed by atoms with Crippen LogP contribution in [0.25, 0.3) is 0 Å². The first-order valence-electron chi connectivity index (χ1n) is 5.93. The van der Waals surface area contributed by atoms with Gasteiger partial charge in [-0.1, -0.05) is 12.1 Å². The highest BCUT2D eigenvalue weighted by atomic mass is 32.2. The molecule has 1 aromatic carbocycles. The number of aliphatic hydroxyl groups excluding tert-OH is 1. The molecule has 1 aromatic rings. The van der Waals surface area contributed by atoms with Gasteiger partial charge in [0.05, 0.1) is 17.6 Å². The first-order valence-corrected chi connectivity index (χ1v) is 7.82. The Balaban J connectivity index is 2.84. The van der Waals surface area contributed by atoms with Crippen LogP contribution in [0, 0.1) is 11.3 Å². The van der Waals surface area contributed by atoms with Gasteiger partial charge in [0.1, 0.15) is 6.42 Å². The van der Waals surface area contributed by atoms with E-state index in [1.807, 2.05) is 0 Å². The van der Waals surface area contributed by atoms with Crippen LogP contribution >= 0.6 is 0 Å². The number of hydrogen-bond donors (Lipinski definition) is 1. The second-order valence-corrected chi connectivity index (χ2v) is 6.31. The van der Waals surface area contributed by atoms with Crippen LogP contribution in [0.5, 0.6) is 0 Å². The van der Waals surface area contributed by atoms with Crippen molar-refractivity contribution in [2.24, 2.45) is 0 Å². The molecule has 0 aliphatic carbocycles. The summed E-state index contributed by atoms with van der Waals surface area (Å²) >= 11 is 0. The minimum absolute atomic E-state index is 0.133. The van der Waals surface area contributed by atoms with Gasteiger partial charge in [0, 0.05) is 19.3 Å². The molecule has 0 saturated carbocycles. The lowest BCUT2D eigenvalue weighted by Gasteiger charge is -2.20. The molecule has 0 aliphatic heterocycles. The van der Waals surface area contributed by atoms with Gasteiger partial charge < -0.3 is 10.0 Å². The second-order valence-electron chi connectivity index (χ2n) is 4.29. The zero-order chi connectivity index (χ0) is 15.2. The number of aliphatic hydroxyl groups is 1. The monoisotopic (exact) mass is 296 g/mol. The molecule has 1 rings (SSSR count). The van der Waals surface area contributed by atoms with E-state index in [-0.39, 0.29) is 36.9 Å². The van der Waals surface area contributed by atoms with E-state index in [9.17, 15) is 13.2 Å². The number of benzene rings is 1. The predicted octanol–water partition coefficient (Wildman–Crippen LogP) is 0.325. The van der Waals surface area contributed by atoms with Crippen LogP contribution in [0.3, 0.4) is 0 Å². The zero-order valence-electron chi connectivity index (χ0n) is 11.1. The van der Waals surface area contributed by atoms with E-state index in [0.29, 0.717) is 0 Å². The minimum atomic E-state index is -3.25. The van der Waals surface area contributed by atoms with Crippen LogP contribution in [0.15, 0.2) is 29.2 Å². The van der Waals surface area contributed by atoms with Crippen LogP contribution in [0.2, 0.25) is 0 Å². The highest BCUT2D eigenvalue weighted by Crippen LogP contribution is 2.12. The van der Waals surface area contributed by atoms with Crippen molar-refractivity contribution < 1.29 is 18.3 Å². The van der Waals surface area contributed by atoms with Crippen molar-refractivity contribution in [1.29, 1.82) is 5.26 Å². The summed E-state index contributed by atoms with van der Waals surface area (Å²) in [6.45, 7) is 0.165. The lowest BCUT2D eigenvalue weighted by molar-refractivity contribution is -0.131. The highest BCUT2D eigenvalue weighted by Gasteiger charge is 2.13. The molecule has 0 aliphatic rings. The number of carbonyl (C=O) groups excluding carboxylic acids is 1. The standard InChI is InChI=1S/C13H16N2O4S/c1-20(18,19)12-4-2-11(3-5-12)10-15(8-9-16)13(17)6-7-14/h2-5,16H,6,8-10H2,1H3. The van der Waals surface area contributed by atoms with E-state index < -0.39 is 9.84 Å². The number of carbonyl (C=O) groups is 1. The third kappa shape index (κ3) is 4.64. The fourth-order valence-electron chi connectivity index (χ4n) is 1.65. The molecule has 108 valence electrons. The molecule has 0 saturated heterocycles. The van der Waals surface area contributed by atoms with Crippen molar-refractivity contribution in [2.45, 2.75) is 17.9 Å². The summed E-state index contributed by atoms with van der Waals surface area (Å²) in [5.74, 6) is -0.367. The molecule has 0 radical (unpaired) electrons. The van der Waals surface area contributed by atoms with E-state index >= 15 is 0 Å². The molecule has 20 heavy (non-hydrogen) atoms. The molecule has 0 aromatic heterocycles. The van der Waals surface area contributed by atoms with Gasteiger partial charge in [-0.2, -0.15) is 5.26 Å². The first-order chi connectivity index (χ1) is 9.38. The van der Waals surface area contributed by atoms with Gasteiger partial charge in [-0.15, -0.1) is 0 Å². The number of sulfone groups is 1. The maximum absolute atomic E-state index is 11.7. The second kappa shape index (κ2) is 7.03. The SMILES string of the molecule is CS(=O)(=O)c1ccc(CN(CCO)C(=O)CC#N)cc1. The van der Waals surface area contributed by atoms with E-state index in [4.69, 9.17) is 10.4 Å². The summed E-state index contributed by atoms with van der Waals surface area (Å²) in [4.78, 5) is 13.2. The fraction of sp³-hybridized carbons (Fsp3) is 0.385. The fourth-order valence-corrected chi connectivity index (χ4v) is 2.28. The highest BCUT2D eigenvalue weighted by molar-refractivity contribution is 7.90. The van der Waals surface area contributed by atoms with E-state index in [1.165, 1.54) is 17.0 Å². The number of nitriles is 1. The third-order valence-corrected chi connectivity index (χ3v) is 3.81. The topological polar surface area (TPSA) is 98.5 Å². The first kappa shape index (κ1) is 16.1. The average Bonchev–Trinajstić information content (AvgIpc) is 2.38. The summed E-state index contributed by atoms with van der Waals surface area (Å²) < 4.78 is 22.7. The summed E-state index contributed by atoms with van der Waals surface area (Å²) in [5, 5.41) is 17.4. The Bertz CT molecular complexity index is 602. The summed E-state index contributed by atoms with van der Waals surface area (Å²) in [5.41, 5.74) is 0.733. The summed E-state index contributed by atoms with van der Waals surface area (Å²) in [7, 11) is -3.25. The maximum Gasteiger partial charge on any atom is 0.237 e. The number of nitrogens with zero attached hydrogens (tertiary/aromatic N) is 2. The molecule has 0 spiro atoms. The molecule has 0 atom stereocenters. The number of hydrogen-bond acceptors (Lipinski definition) is 5. The van der Waals surface area contributed by atoms with Gasteiger partial charge >= 0.3 is 0 Å². The zero-order valence-corrected chi connectivity index (χ0v) is 11.9. The Morgan fingerprint density at radius 1 is 1.35 bits per heavy atom. The molecule has 6 nitrogen and oxygen atoms in total. The van der Waals surface area contributed by atoms with Crippen molar-refractivity contribution in [3.8, 4) is 6.07 Å².